The molecule has 0 aliphatic carbocycles. The molecule has 5 heteroatoms. The number of nitrogens with one attached hydrogen (secondary N) is 1. The van der Waals surface area contributed by atoms with E-state index in [4.69, 9.17) is 9.47 Å². The molecule has 0 bridgehead atoms. The summed E-state index contributed by atoms with van der Waals surface area (Å²) in [5.41, 5.74) is 2.07. The summed E-state index contributed by atoms with van der Waals surface area (Å²) in [6, 6.07) is 18.8. The maximum Gasteiger partial charge on any atom is 0.337 e. The average Bonchev–Trinajstić information content (AvgIpc) is 3.13. The zero-order valence-corrected chi connectivity index (χ0v) is 14.9. The fraction of sp³-hybridized carbons (Fsp3) is 0.182. The summed E-state index contributed by atoms with van der Waals surface area (Å²) in [7, 11) is 1.36. The van der Waals surface area contributed by atoms with Crippen LogP contribution in [-0.2, 0) is 11.2 Å². The minimum absolute atomic E-state index is 0.129. The highest BCUT2D eigenvalue weighted by atomic mass is 16.5. The minimum atomic E-state index is -0.370. The van der Waals surface area contributed by atoms with E-state index in [1.165, 1.54) is 7.11 Å². The Morgan fingerprint density at radius 1 is 1.04 bits per heavy atom. The van der Waals surface area contributed by atoms with Gasteiger partial charge in [0.25, 0.3) is 5.91 Å². The van der Waals surface area contributed by atoms with Gasteiger partial charge in [-0.3, -0.25) is 4.79 Å². The van der Waals surface area contributed by atoms with Crippen molar-refractivity contribution in [3.05, 3.63) is 77.4 Å². The van der Waals surface area contributed by atoms with Crippen molar-refractivity contribution in [2.45, 2.75) is 12.5 Å². The van der Waals surface area contributed by atoms with Gasteiger partial charge in [0, 0.05) is 12.0 Å². The van der Waals surface area contributed by atoms with E-state index in [0.29, 0.717) is 24.1 Å². The summed E-state index contributed by atoms with van der Waals surface area (Å²) in [6.45, 7) is 0.397. The van der Waals surface area contributed by atoms with Crippen molar-refractivity contribution in [1.29, 1.82) is 0 Å². The Hall–Kier alpha value is -3.34. The first-order chi connectivity index (χ1) is 13.1. The second-order valence-electron chi connectivity index (χ2n) is 6.53. The topological polar surface area (TPSA) is 64.6 Å². The zero-order chi connectivity index (χ0) is 18.8. The molecule has 0 spiro atoms. The van der Waals surface area contributed by atoms with Gasteiger partial charge in [-0.05, 0) is 46.7 Å². The lowest BCUT2D eigenvalue weighted by Gasteiger charge is -2.12. The Morgan fingerprint density at radius 2 is 1.81 bits per heavy atom. The van der Waals surface area contributed by atoms with Crippen molar-refractivity contribution in [2.75, 3.05) is 13.7 Å². The van der Waals surface area contributed by atoms with E-state index >= 15 is 0 Å². The van der Waals surface area contributed by atoms with Crippen LogP contribution < -0.4 is 10.1 Å². The molecule has 1 unspecified atom stereocenters. The van der Waals surface area contributed by atoms with Crippen molar-refractivity contribution in [3.63, 3.8) is 0 Å². The van der Waals surface area contributed by atoms with Crippen LogP contribution in [0.15, 0.2) is 60.7 Å². The van der Waals surface area contributed by atoms with Gasteiger partial charge in [-0.15, -0.1) is 0 Å². The number of benzene rings is 3. The second-order valence-corrected chi connectivity index (χ2v) is 6.53. The van der Waals surface area contributed by atoms with E-state index in [1.54, 1.807) is 18.2 Å². The first-order valence-corrected chi connectivity index (χ1v) is 8.79. The van der Waals surface area contributed by atoms with Crippen LogP contribution in [0.1, 0.15) is 26.3 Å². The number of fused-ring (bicyclic) bond motifs is 2. The molecule has 4 rings (SSSR count). The molecule has 0 fully saturated rings. The van der Waals surface area contributed by atoms with Crippen molar-refractivity contribution in [1.82, 2.24) is 5.32 Å². The van der Waals surface area contributed by atoms with Crippen LogP contribution >= 0.6 is 0 Å². The van der Waals surface area contributed by atoms with Gasteiger partial charge in [0.15, 0.2) is 0 Å². The smallest absolute Gasteiger partial charge is 0.337 e. The molecule has 27 heavy (non-hydrogen) atoms. The summed E-state index contributed by atoms with van der Waals surface area (Å²) in [4.78, 5) is 24.1. The molecule has 1 amide bonds. The normalized spacial score (nSPS) is 15.1. The van der Waals surface area contributed by atoms with Crippen LogP contribution in [-0.4, -0.2) is 31.6 Å². The van der Waals surface area contributed by atoms with Crippen molar-refractivity contribution in [2.24, 2.45) is 0 Å². The van der Waals surface area contributed by atoms with Crippen molar-refractivity contribution >= 4 is 22.6 Å². The number of carbonyl (C=O) groups is 2. The van der Waals surface area contributed by atoms with Gasteiger partial charge in [-0.25, -0.2) is 4.79 Å². The highest BCUT2D eigenvalue weighted by Gasteiger charge is 2.24. The van der Waals surface area contributed by atoms with E-state index in [2.05, 4.69) is 5.32 Å². The van der Waals surface area contributed by atoms with Gasteiger partial charge in [-0.1, -0.05) is 30.3 Å². The van der Waals surface area contributed by atoms with Crippen molar-refractivity contribution < 1.29 is 19.1 Å². The summed E-state index contributed by atoms with van der Waals surface area (Å²) >= 11 is 0. The Kier molecular flexibility index (Phi) is 4.50. The SMILES string of the molecule is COC(=O)c1ccc2c(c1)CC(CNC(=O)c1ccc3ccccc3c1)O2. The Balaban J connectivity index is 1.40. The fourth-order valence-electron chi connectivity index (χ4n) is 3.32. The molecule has 0 aromatic heterocycles. The maximum atomic E-state index is 12.5. The third-order valence-corrected chi connectivity index (χ3v) is 4.72. The van der Waals surface area contributed by atoms with Crippen LogP contribution in [0.25, 0.3) is 10.8 Å². The molecule has 0 saturated heterocycles. The van der Waals surface area contributed by atoms with E-state index in [-0.39, 0.29) is 18.0 Å². The van der Waals surface area contributed by atoms with Gasteiger partial charge in [-0.2, -0.15) is 0 Å². The van der Waals surface area contributed by atoms with Crippen LogP contribution in [0.4, 0.5) is 0 Å². The molecule has 1 atom stereocenters. The maximum absolute atomic E-state index is 12.5. The number of hydrogen-bond acceptors (Lipinski definition) is 4. The van der Waals surface area contributed by atoms with Crippen LogP contribution in [0.2, 0.25) is 0 Å². The standard InChI is InChI=1S/C22H19NO4/c1-26-22(25)17-8-9-20-18(11-17)12-19(27-20)13-23-21(24)16-7-6-14-4-2-3-5-15(14)10-16/h2-11,19H,12-13H2,1H3,(H,23,24). The largest absolute Gasteiger partial charge is 0.488 e. The second kappa shape index (κ2) is 7.11. The fourth-order valence-corrected chi connectivity index (χ4v) is 3.32. The van der Waals surface area contributed by atoms with Crippen molar-refractivity contribution in [3.8, 4) is 5.75 Å². The average molecular weight is 361 g/mol. The molecule has 0 radical (unpaired) electrons. The molecular weight excluding hydrogens is 342 g/mol. The minimum Gasteiger partial charge on any atom is -0.488 e. The Morgan fingerprint density at radius 3 is 2.63 bits per heavy atom. The van der Waals surface area contributed by atoms with Crippen LogP contribution in [0.5, 0.6) is 5.75 Å². The van der Waals surface area contributed by atoms with Gasteiger partial charge in [0.1, 0.15) is 11.9 Å². The number of methoxy groups -OCH3 is 1. The summed E-state index contributed by atoms with van der Waals surface area (Å²) in [5, 5.41) is 5.07. The molecule has 0 saturated carbocycles. The highest BCUT2D eigenvalue weighted by Crippen LogP contribution is 2.29. The molecule has 1 heterocycles. The number of amides is 1. The lowest BCUT2D eigenvalue weighted by atomic mass is 10.1. The molecule has 1 aliphatic rings. The van der Waals surface area contributed by atoms with E-state index in [0.717, 1.165) is 22.1 Å². The first kappa shape index (κ1) is 17.1. The molecule has 3 aromatic carbocycles. The summed E-state index contributed by atoms with van der Waals surface area (Å²) in [5.74, 6) is 0.244. The van der Waals surface area contributed by atoms with Gasteiger partial charge < -0.3 is 14.8 Å². The lowest BCUT2D eigenvalue weighted by Crippen LogP contribution is -2.34. The Labute approximate surface area is 156 Å². The predicted octanol–water partition coefficient (Wildman–Crippen LogP) is 3.36. The van der Waals surface area contributed by atoms with E-state index < -0.39 is 0 Å². The molecular formula is C22H19NO4. The predicted molar refractivity (Wildman–Crippen MR) is 102 cm³/mol. The Bertz CT molecular complexity index is 1030. The molecule has 1 N–H and O–H groups in total. The summed E-state index contributed by atoms with van der Waals surface area (Å²) in [6.07, 6.45) is 0.482. The molecule has 5 nitrogen and oxygen atoms in total. The number of rotatable bonds is 4. The molecule has 3 aromatic rings. The zero-order valence-electron chi connectivity index (χ0n) is 14.9. The monoisotopic (exact) mass is 361 g/mol. The van der Waals surface area contributed by atoms with Gasteiger partial charge >= 0.3 is 5.97 Å². The van der Waals surface area contributed by atoms with Crippen LogP contribution in [0.3, 0.4) is 0 Å². The van der Waals surface area contributed by atoms with E-state index in [9.17, 15) is 9.59 Å². The van der Waals surface area contributed by atoms with Crippen LogP contribution in [0, 0.1) is 0 Å². The highest BCUT2D eigenvalue weighted by molar-refractivity contribution is 5.98. The quantitative estimate of drug-likeness (QED) is 0.724. The molecule has 136 valence electrons. The third kappa shape index (κ3) is 3.49. The first-order valence-electron chi connectivity index (χ1n) is 8.79. The molecule has 1 aliphatic heterocycles. The van der Waals surface area contributed by atoms with Gasteiger partial charge in [0.2, 0.25) is 0 Å². The number of esters is 1. The third-order valence-electron chi connectivity index (χ3n) is 4.72. The van der Waals surface area contributed by atoms with Gasteiger partial charge in [0.05, 0.1) is 19.2 Å². The number of ether oxygens (including phenoxy) is 2. The number of carbonyl (C=O) groups excluding carboxylic acids is 2. The lowest BCUT2D eigenvalue weighted by molar-refractivity contribution is 0.0600. The number of hydrogen-bond donors (Lipinski definition) is 1. The summed E-state index contributed by atoms with van der Waals surface area (Å²) < 4.78 is 10.6. The van der Waals surface area contributed by atoms with E-state index in [1.807, 2.05) is 42.5 Å².